The van der Waals surface area contributed by atoms with Crippen molar-refractivity contribution in [1.82, 2.24) is 10.2 Å². The molecule has 0 spiro atoms. The summed E-state index contributed by atoms with van der Waals surface area (Å²) in [6, 6.07) is 16.0. The number of hydrogen-bond acceptors (Lipinski definition) is 4. The molecule has 29 heavy (non-hydrogen) atoms. The molecule has 0 radical (unpaired) electrons. The van der Waals surface area contributed by atoms with Gasteiger partial charge in [0, 0.05) is 17.6 Å². The number of anilines is 1. The maximum absolute atomic E-state index is 12.7. The minimum absolute atomic E-state index is 0.292. The molecule has 4 rings (SSSR count). The zero-order chi connectivity index (χ0) is 20.5. The van der Waals surface area contributed by atoms with E-state index in [1.807, 2.05) is 48.7 Å². The Balaban J connectivity index is 1.54. The average Bonchev–Trinajstić information content (AvgIpc) is 3.31. The van der Waals surface area contributed by atoms with Crippen LogP contribution in [0.25, 0.3) is 0 Å². The van der Waals surface area contributed by atoms with Crippen LogP contribution in [0.5, 0.6) is 0 Å². The molecule has 0 unspecified atom stereocenters. The molecule has 2 aromatic carbocycles. The highest BCUT2D eigenvalue weighted by Gasteiger charge is 2.32. The Morgan fingerprint density at radius 1 is 1.00 bits per heavy atom. The van der Waals surface area contributed by atoms with E-state index in [-0.39, 0.29) is 17.9 Å². The molecular weight excluding hydrogens is 386 g/mol. The van der Waals surface area contributed by atoms with Crippen LogP contribution in [0.2, 0.25) is 0 Å². The minimum Gasteiger partial charge on any atom is -0.326 e. The topological polar surface area (TPSA) is 78.5 Å². The lowest BCUT2D eigenvalue weighted by Crippen LogP contribution is -2.32. The van der Waals surface area contributed by atoms with Gasteiger partial charge in [-0.1, -0.05) is 35.9 Å². The summed E-state index contributed by atoms with van der Waals surface area (Å²) in [5.74, 6) is -0.705. The van der Waals surface area contributed by atoms with Crippen molar-refractivity contribution in [3.63, 3.8) is 0 Å². The molecule has 2 heterocycles. The molecule has 0 aliphatic carbocycles. The predicted octanol–water partition coefficient (Wildman–Crippen LogP) is 4.19. The number of imide groups is 1. The van der Waals surface area contributed by atoms with Gasteiger partial charge >= 0.3 is 6.03 Å². The highest BCUT2D eigenvalue weighted by molar-refractivity contribution is 7.10. The summed E-state index contributed by atoms with van der Waals surface area (Å²) in [5, 5.41) is 7.73. The van der Waals surface area contributed by atoms with Crippen molar-refractivity contribution in [3.05, 3.63) is 87.1 Å². The Labute approximate surface area is 172 Å². The Bertz CT molecular complexity index is 1090. The lowest BCUT2D eigenvalue weighted by molar-refractivity contribution is 0.0693. The van der Waals surface area contributed by atoms with E-state index >= 15 is 0 Å². The Morgan fingerprint density at radius 2 is 1.72 bits per heavy atom. The Morgan fingerprint density at radius 3 is 2.41 bits per heavy atom. The first-order chi connectivity index (χ1) is 13.9. The molecule has 7 heteroatoms. The number of aryl methyl sites for hydroxylation is 1. The highest BCUT2D eigenvalue weighted by Crippen LogP contribution is 2.27. The molecule has 6 nitrogen and oxygen atoms in total. The van der Waals surface area contributed by atoms with Crippen LogP contribution in [0.1, 0.15) is 42.8 Å². The maximum atomic E-state index is 12.7. The number of rotatable bonds is 4. The van der Waals surface area contributed by atoms with E-state index in [9.17, 15) is 14.4 Å². The van der Waals surface area contributed by atoms with Gasteiger partial charge in [0.15, 0.2) is 0 Å². The summed E-state index contributed by atoms with van der Waals surface area (Å²) in [5.41, 5.74) is 3.21. The van der Waals surface area contributed by atoms with E-state index in [1.165, 1.54) is 13.1 Å². The van der Waals surface area contributed by atoms with E-state index in [4.69, 9.17) is 0 Å². The van der Waals surface area contributed by atoms with Crippen molar-refractivity contribution in [3.8, 4) is 0 Å². The van der Waals surface area contributed by atoms with Gasteiger partial charge in [0.25, 0.3) is 11.8 Å². The first kappa shape index (κ1) is 18.9. The molecule has 0 bridgehead atoms. The van der Waals surface area contributed by atoms with E-state index in [1.54, 1.807) is 23.5 Å². The number of urea groups is 1. The number of hydrogen-bond donors (Lipinski definition) is 2. The summed E-state index contributed by atoms with van der Waals surface area (Å²) in [4.78, 5) is 38.9. The number of carbonyl (C=O) groups excluding carboxylic acids is 3. The van der Waals surface area contributed by atoms with Crippen LogP contribution >= 0.6 is 11.3 Å². The number of benzene rings is 2. The molecule has 1 aliphatic heterocycles. The fourth-order valence-electron chi connectivity index (χ4n) is 3.27. The number of amides is 4. The first-order valence-electron chi connectivity index (χ1n) is 9.08. The summed E-state index contributed by atoms with van der Waals surface area (Å²) >= 11 is 1.57. The fraction of sp³-hybridized carbons (Fsp3) is 0.136. The van der Waals surface area contributed by atoms with E-state index in [0.717, 1.165) is 20.9 Å². The van der Waals surface area contributed by atoms with Gasteiger partial charge in [0.1, 0.15) is 0 Å². The molecule has 146 valence electrons. The number of nitrogens with zero attached hydrogens (tertiary/aromatic N) is 1. The first-order valence-corrected chi connectivity index (χ1v) is 9.96. The summed E-state index contributed by atoms with van der Waals surface area (Å²) in [6.45, 7) is 2.02. The van der Waals surface area contributed by atoms with Crippen molar-refractivity contribution in [2.45, 2.75) is 13.0 Å². The third-order valence-electron chi connectivity index (χ3n) is 4.86. The second kappa shape index (κ2) is 7.52. The van der Waals surface area contributed by atoms with Crippen molar-refractivity contribution < 1.29 is 14.4 Å². The standard InChI is InChI=1S/C22H19N3O3S/c1-13-5-7-14(8-6-13)19(18-4-3-11-29-18)24-22(28)23-15-9-10-16-17(12-15)21(27)25(2)20(16)26/h3-12,19H,1-2H3,(H2,23,24,28)/t19-/m0/s1. The highest BCUT2D eigenvalue weighted by atomic mass is 32.1. The van der Waals surface area contributed by atoms with Crippen molar-refractivity contribution in [2.24, 2.45) is 0 Å². The third kappa shape index (κ3) is 3.64. The van der Waals surface area contributed by atoms with Gasteiger partial charge in [-0.15, -0.1) is 11.3 Å². The molecule has 3 aromatic rings. The predicted molar refractivity (Wildman–Crippen MR) is 112 cm³/mol. The lowest BCUT2D eigenvalue weighted by Gasteiger charge is -2.19. The number of thiophene rings is 1. The van der Waals surface area contributed by atoms with E-state index in [0.29, 0.717) is 16.8 Å². The number of nitrogens with one attached hydrogen (secondary N) is 2. The van der Waals surface area contributed by atoms with Crippen LogP contribution in [-0.4, -0.2) is 29.8 Å². The fourth-order valence-corrected chi connectivity index (χ4v) is 4.07. The normalized spacial score (nSPS) is 13.9. The smallest absolute Gasteiger partial charge is 0.320 e. The molecule has 0 saturated carbocycles. The van der Waals surface area contributed by atoms with E-state index in [2.05, 4.69) is 10.6 Å². The molecule has 2 N–H and O–H groups in total. The van der Waals surface area contributed by atoms with Gasteiger partial charge in [-0.25, -0.2) is 4.79 Å². The van der Waals surface area contributed by atoms with E-state index < -0.39 is 6.03 Å². The molecule has 0 fully saturated rings. The summed E-state index contributed by atoms with van der Waals surface area (Å²) in [6.07, 6.45) is 0. The summed E-state index contributed by atoms with van der Waals surface area (Å²) in [7, 11) is 1.44. The quantitative estimate of drug-likeness (QED) is 0.639. The van der Waals surface area contributed by atoms with Gasteiger partial charge in [-0.05, 0) is 42.1 Å². The Kier molecular flexibility index (Phi) is 4.90. The monoisotopic (exact) mass is 405 g/mol. The van der Waals surface area contributed by atoms with Gasteiger partial charge in [0.05, 0.1) is 17.2 Å². The second-order valence-electron chi connectivity index (χ2n) is 6.89. The third-order valence-corrected chi connectivity index (χ3v) is 5.80. The number of carbonyl (C=O) groups is 3. The molecule has 1 aliphatic rings. The van der Waals surface area contributed by atoms with Crippen LogP contribution in [0.3, 0.4) is 0 Å². The molecule has 1 atom stereocenters. The van der Waals surface area contributed by atoms with Gasteiger partial charge < -0.3 is 10.6 Å². The molecule has 0 saturated heterocycles. The largest absolute Gasteiger partial charge is 0.326 e. The van der Waals surface area contributed by atoms with Gasteiger partial charge in [0.2, 0.25) is 0 Å². The van der Waals surface area contributed by atoms with Crippen LogP contribution < -0.4 is 10.6 Å². The second-order valence-corrected chi connectivity index (χ2v) is 7.87. The minimum atomic E-state index is -0.394. The van der Waals surface area contributed by atoms with Crippen molar-refractivity contribution in [1.29, 1.82) is 0 Å². The SMILES string of the molecule is Cc1ccc([C@H](NC(=O)Nc2ccc3c(c2)C(=O)N(C)C3=O)c2cccs2)cc1. The average molecular weight is 405 g/mol. The van der Waals surface area contributed by atoms with Crippen LogP contribution in [0.15, 0.2) is 60.0 Å². The molecule has 1 aromatic heterocycles. The van der Waals surface area contributed by atoms with Crippen molar-refractivity contribution >= 4 is 34.9 Å². The Hall–Kier alpha value is -3.45. The molecule has 4 amide bonds. The molecular formula is C22H19N3O3S. The number of fused-ring (bicyclic) bond motifs is 1. The van der Waals surface area contributed by atoms with Gasteiger partial charge in [-0.2, -0.15) is 0 Å². The van der Waals surface area contributed by atoms with Crippen LogP contribution in [-0.2, 0) is 0 Å². The maximum Gasteiger partial charge on any atom is 0.320 e. The summed E-state index contributed by atoms with van der Waals surface area (Å²) < 4.78 is 0. The zero-order valence-corrected chi connectivity index (χ0v) is 16.7. The van der Waals surface area contributed by atoms with Crippen molar-refractivity contribution in [2.75, 3.05) is 12.4 Å². The van der Waals surface area contributed by atoms with Gasteiger partial charge in [-0.3, -0.25) is 14.5 Å². The van der Waals surface area contributed by atoms with Crippen LogP contribution in [0, 0.1) is 6.92 Å². The zero-order valence-electron chi connectivity index (χ0n) is 15.9. The lowest BCUT2D eigenvalue weighted by atomic mass is 10.0. The van der Waals surface area contributed by atoms with Crippen LogP contribution in [0.4, 0.5) is 10.5 Å².